The zero-order valence-electron chi connectivity index (χ0n) is 17.8. The highest BCUT2D eigenvalue weighted by Gasteiger charge is 2.40. The van der Waals surface area contributed by atoms with Gasteiger partial charge in [0.05, 0.1) is 19.1 Å². The number of unbranched alkanes of at least 4 members (excludes halogenated alkanes) is 5. The molecule has 1 aliphatic heterocycles. The number of carboxylic acids is 1. The molecular weight excluding hydrogens is 384 g/mol. The van der Waals surface area contributed by atoms with Crippen LogP contribution in [0.1, 0.15) is 56.9 Å². The number of carbonyl (C=O) groups excluding carboxylic acids is 1. The number of nitrogens with zero attached hydrogens (tertiary/aromatic N) is 1. The molecule has 0 bridgehead atoms. The van der Waals surface area contributed by atoms with Crippen molar-refractivity contribution in [1.29, 1.82) is 0 Å². The Bertz CT molecular complexity index is 644. The standard InChI is InChI=1S/C23H36N2O5/c24-23(29,19-10-6-5-7-11-19)20(18-25-14-16-30-17-15-25)21(26)12-8-3-1-2-4-9-13-22(27)28/h5-7,10-11,20,29H,1-4,8-9,12-18,24H2,(H,27,28). The van der Waals surface area contributed by atoms with Crippen molar-refractivity contribution in [3.63, 3.8) is 0 Å². The molecule has 0 spiro atoms. The minimum absolute atomic E-state index is 0.0128. The number of ketones is 1. The van der Waals surface area contributed by atoms with Crippen molar-refractivity contribution in [1.82, 2.24) is 4.90 Å². The second kappa shape index (κ2) is 12.8. The van der Waals surface area contributed by atoms with Gasteiger partial charge in [-0.1, -0.05) is 56.0 Å². The third-order valence-electron chi connectivity index (χ3n) is 5.76. The molecule has 30 heavy (non-hydrogen) atoms. The van der Waals surface area contributed by atoms with Crippen LogP contribution in [0, 0.1) is 5.92 Å². The maximum Gasteiger partial charge on any atom is 0.303 e. The number of aliphatic hydroxyl groups is 1. The van der Waals surface area contributed by atoms with Gasteiger partial charge in [-0.05, 0) is 18.4 Å². The highest BCUT2D eigenvalue weighted by atomic mass is 16.5. The highest BCUT2D eigenvalue weighted by molar-refractivity contribution is 5.82. The summed E-state index contributed by atoms with van der Waals surface area (Å²) in [5.74, 6) is -1.46. The number of rotatable bonds is 14. The van der Waals surface area contributed by atoms with Crippen molar-refractivity contribution in [2.24, 2.45) is 11.7 Å². The lowest BCUT2D eigenvalue weighted by Crippen LogP contribution is -2.53. The van der Waals surface area contributed by atoms with Gasteiger partial charge in [-0.15, -0.1) is 0 Å². The van der Waals surface area contributed by atoms with E-state index >= 15 is 0 Å². The van der Waals surface area contributed by atoms with Crippen LogP contribution in [0.4, 0.5) is 0 Å². The van der Waals surface area contributed by atoms with Crippen molar-refractivity contribution in [3.05, 3.63) is 35.9 Å². The number of carboxylic acid groups (broad SMARTS) is 1. The first-order valence-corrected chi connectivity index (χ1v) is 11.0. The molecule has 0 radical (unpaired) electrons. The van der Waals surface area contributed by atoms with Crippen molar-refractivity contribution >= 4 is 11.8 Å². The van der Waals surface area contributed by atoms with E-state index in [1.54, 1.807) is 12.1 Å². The minimum atomic E-state index is -1.71. The summed E-state index contributed by atoms with van der Waals surface area (Å²) in [5.41, 5.74) is 5.18. The van der Waals surface area contributed by atoms with E-state index in [2.05, 4.69) is 4.90 Å². The molecular formula is C23H36N2O5. The summed E-state index contributed by atoms with van der Waals surface area (Å²) in [6.07, 6.45) is 5.83. The Balaban J connectivity index is 1.88. The Hall–Kier alpha value is -1.80. The van der Waals surface area contributed by atoms with Gasteiger partial charge in [-0.2, -0.15) is 0 Å². The van der Waals surface area contributed by atoms with Crippen LogP contribution in [-0.2, 0) is 20.1 Å². The van der Waals surface area contributed by atoms with Gasteiger partial charge < -0.3 is 14.9 Å². The monoisotopic (exact) mass is 420 g/mol. The van der Waals surface area contributed by atoms with Crippen LogP contribution in [-0.4, -0.2) is 59.7 Å². The molecule has 1 saturated heterocycles. The van der Waals surface area contributed by atoms with Gasteiger partial charge in [0, 0.05) is 32.5 Å². The van der Waals surface area contributed by atoms with Gasteiger partial charge in [0.1, 0.15) is 5.78 Å². The summed E-state index contributed by atoms with van der Waals surface area (Å²) in [5, 5.41) is 19.8. The normalized spacial score (nSPS) is 17.9. The summed E-state index contributed by atoms with van der Waals surface area (Å²) >= 11 is 0. The first-order chi connectivity index (χ1) is 14.4. The van der Waals surface area contributed by atoms with Crippen LogP contribution in [0.25, 0.3) is 0 Å². The topological polar surface area (TPSA) is 113 Å². The lowest BCUT2D eigenvalue weighted by atomic mass is 9.84. The lowest BCUT2D eigenvalue weighted by Gasteiger charge is -2.37. The molecule has 0 aromatic heterocycles. The Morgan fingerprint density at radius 3 is 2.17 bits per heavy atom. The molecule has 1 fully saturated rings. The fourth-order valence-corrected chi connectivity index (χ4v) is 3.89. The summed E-state index contributed by atoms with van der Waals surface area (Å²) in [6.45, 7) is 3.11. The molecule has 0 amide bonds. The zero-order chi connectivity index (χ0) is 21.8. The van der Waals surface area contributed by atoms with Crippen LogP contribution in [0.15, 0.2) is 30.3 Å². The fraction of sp³-hybridized carbons (Fsp3) is 0.652. The van der Waals surface area contributed by atoms with Crippen molar-refractivity contribution in [3.8, 4) is 0 Å². The molecule has 1 aromatic carbocycles. The molecule has 0 saturated carbocycles. The number of hydrogen-bond acceptors (Lipinski definition) is 6. The largest absolute Gasteiger partial charge is 0.481 e. The molecule has 1 heterocycles. The molecule has 2 atom stereocenters. The quantitative estimate of drug-likeness (QED) is 0.313. The molecule has 7 heteroatoms. The molecule has 1 aliphatic rings. The molecule has 4 N–H and O–H groups in total. The van der Waals surface area contributed by atoms with Gasteiger partial charge in [0.15, 0.2) is 5.72 Å². The van der Waals surface area contributed by atoms with E-state index in [1.807, 2.05) is 18.2 Å². The Kier molecular flexibility index (Phi) is 10.4. The van der Waals surface area contributed by atoms with E-state index in [1.165, 1.54) is 0 Å². The van der Waals surface area contributed by atoms with Crippen LogP contribution < -0.4 is 5.73 Å². The van der Waals surface area contributed by atoms with E-state index in [9.17, 15) is 14.7 Å². The number of morpholine rings is 1. The Labute approximate surface area is 179 Å². The third-order valence-corrected chi connectivity index (χ3v) is 5.76. The third kappa shape index (κ3) is 8.14. The number of nitrogens with two attached hydrogens (primary N) is 1. The van der Waals surface area contributed by atoms with E-state index < -0.39 is 17.6 Å². The van der Waals surface area contributed by atoms with Crippen LogP contribution >= 0.6 is 0 Å². The summed E-state index contributed by atoms with van der Waals surface area (Å²) < 4.78 is 5.39. The number of carbonyl (C=O) groups is 2. The van der Waals surface area contributed by atoms with Gasteiger partial charge in [0.2, 0.25) is 0 Å². The average Bonchev–Trinajstić information content (AvgIpc) is 2.74. The first kappa shape index (κ1) is 24.5. The predicted octanol–water partition coefficient (Wildman–Crippen LogP) is 2.51. The van der Waals surface area contributed by atoms with Gasteiger partial charge in [-0.25, -0.2) is 0 Å². The average molecular weight is 421 g/mol. The molecule has 2 rings (SSSR count). The second-order valence-electron chi connectivity index (χ2n) is 8.14. The van der Waals surface area contributed by atoms with Crippen LogP contribution in [0.5, 0.6) is 0 Å². The zero-order valence-corrected chi connectivity index (χ0v) is 17.8. The molecule has 168 valence electrons. The maximum absolute atomic E-state index is 13.1. The number of hydrogen-bond donors (Lipinski definition) is 3. The van der Waals surface area contributed by atoms with Crippen LogP contribution in [0.2, 0.25) is 0 Å². The summed E-state index contributed by atoms with van der Waals surface area (Å²) in [4.78, 5) is 25.7. The molecule has 2 unspecified atom stereocenters. The van der Waals surface area contributed by atoms with E-state index in [0.29, 0.717) is 38.2 Å². The van der Waals surface area contributed by atoms with Crippen molar-refractivity contribution < 1.29 is 24.5 Å². The number of aliphatic carboxylic acids is 1. The first-order valence-electron chi connectivity index (χ1n) is 11.0. The SMILES string of the molecule is NC(O)(c1ccccc1)C(CN1CCOCC1)C(=O)CCCCCCCCC(=O)O. The molecule has 7 nitrogen and oxygen atoms in total. The minimum Gasteiger partial charge on any atom is -0.481 e. The van der Waals surface area contributed by atoms with Crippen molar-refractivity contribution in [2.45, 2.75) is 57.1 Å². The number of ether oxygens (including phenoxy) is 1. The Morgan fingerprint density at radius 2 is 1.57 bits per heavy atom. The predicted molar refractivity (Wildman–Crippen MR) is 115 cm³/mol. The lowest BCUT2D eigenvalue weighted by molar-refractivity contribution is -0.137. The molecule has 0 aliphatic carbocycles. The van der Waals surface area contributed by atoms with E-state index in [-0.39, 0.29) is 12.2 Å². The summed E-state index contributed by atoms with van der Waals surface area (Å²) in [6, 6.07) is 9.00. The smallest absolute Gasteiger partial charge is 0.303 e. The Morgan fingerprint density at radius 1 is 1.00 bits per heavy atom. The summed E-state index contributed by atoms with van der Waals surface area (Å²) in [7, 11) is 0. The maximum atomic E-state index is 13.1. The van der Waals surface area contributed by atoms with Gasteiger partial charge in [0.25, 0.3) is 0 Å². The number of benzene rings is 1. The van der Waals surface area contributed by atoms with Crippen LogP contribution in [0.3, 0.4) is 0 Å². The molecule has 1 aromatic rings. The van der Waals surface area contributed by atoms with Crippen molar-refractivity contribution in [2.75, 3.05) is 32.8 Å². The fourth-order valence-electron chi connectivity index (χ4n) is 3.89. The van der Waals surface area contributed by atoms with Gasteiger partial charge in [-0.3, -0.25) is 20.2 Å². The van der Waals surface area contributed by atoms with E-state index in [4.69, 9.17) is 15.6 Å². The van der Waals surface area contributed by atoms with E-state index in [0.717, 1.165) is 45.2 Å². The van der Waals surface area contributed by atoms with Gasteiger partial charge >= 0.3 is 5.97 Å². The number of Topliss-reactive ketones (excluding diaryl/α,β-unsaturated/α-hetero) is 1. The second-order valence-corrected chi connectivity index (χ2v) is 8.14. The highest BCUT2D eigenvalue weighted by Crippen LogP contribution is 2.28.